The quantitative estimate of drug-likeness (QED) is 0.796. The Morgan fingerprint density at radius 3 is 2.86 bits per heavy atom. The van der Waals surface area contributed by atoms with Gasteiger partial charge in [-0.15, -0.1) is 0 Å². The first-order valence-corrected chi connectivity index (χ1v) is 7.07. The molecule has 2 N–H and O–H groups in total. The Morgan fingerprint density at radius 2 is 2.14 bits per heavy atom. The fourth-order valence-electron chi connectivity index (χ4n) is 2.19. The van der Waals surface area contributed by atoms with Gasteiger partial charge in [-0.2, -0.15) is 0 Å². The molecule has 0 radical (unpaired) electrons. The van der Waals surface area contributed by atoms with E-state index in [0.29, 0.717) is 23.9 Å². The van der Waals surface area contributed by atoms with Crippen LogP contribution in [0.1, 0.15) is 30.1 Å². The van der Waals surface area contributed by atoms with Crippen molar-refractivity contribution < 1.29 is 14.3 Å². The number of fused-ring (bicyclic) bond motifs is 1. The van der Waals surface area contributed by atoms with E-state index in [1.54, 1.807) is 24.3 Å². The minimum atomic E-state index is -0.638. The molecule has 0 spiro atoms. The molecule has 1 aromatic heterocycles. The van der Waals surface area contributed by atoms with E-state index in [4.69, 9.17) is 9.52 Å². The molecule has 0 fully saturated rings. The number of benzene rings is 1. The van der Waals surface area contributed by atoms with Gasteiger partial charge in [-0.05, 0) is 24.5 Å². The Hall–Kier alpha value is -2.14. The maximum absolute atomic E-state index is 12.1. The Balaban J connectivity index is 2.15. The van der Waals surface area contributed by atoms with E-state index in [1.165, 1.54) is 0 Å². The first kappa shape index (κ1) is 15.3. The lowest BCUT2D eigenvalue weighted by molar-refractivity contribution is 0.0940. The van der Waals surface area contributed by atoms with Gasteiger partial charge in [0.25, 0.3) is 5.91 Å². The molecule has 0 bridgehead atoms. The van der Waals surface area contributed by atoms with Gasteiger partial charge in [-0.25, -0.2) is 4.79 Å². The Kier molecular flexibility index (Phi) is 5.11. The SMILES string of the molecule is CCC(CCO)CNC(=O)c1cc2ccccc2oc1=O. The summed E-state index contributed by atoms with van der Waals surface area (Å²) in [6.45, 7) is 2.52. The molecular formula is C16H19NO4. The van der Waals surface area contributed by atoms with Gasteiger partial charge in [0.1, 0.15) is 11.1 Å². The molecule has 1 unspecified atom stereocenters. The molecule has 0 aliphatic heterocycles. The van der Waals surface area contributed by atoms with Crippen molar-refractivity contribution in [1.82, 2.24) is 5.32 Å². The van der Waals surface area contributed by atoms with Crippen LogP contribution in [0.4, 0.5) is 0 Å². The first-order chi connectivity index (χ1) is 10.2. The molecule has 2 rings (SSSR count). The molecule has 0 aliphatic rings. The van der Waals surface area contributed by atoms with Crippen LogP contribution in [0.25, 0.3) is 11.0 Å². The van der Waals surface area contributed by atoms with Gasteiger partial charge in [0.05, 0.1) is 0 Å². The van der Waals surface area contributed by atoms with E-state index in [2.05, 4.69) is 5.32 Å². The highest BCUT2D eigenvalue weighted by atomic mass is 16.4. The number of rotatable bonds is 6. The van der Waals surface area contributed by atoms with Crippen molar-refractivity contribution in [3.05, 3.63) is 46.3 Å². The van der Waals surface area contributed by atoms with Crippen molar-refractivity contribution in [2.75, 3.05) is 13.2 Å². The van der Waals surface area contributed by atoms with Crippen LogP contribution >= 0.6 is 0 Å². The standard InChI is InChI=1S/C16H19NO4/c1-2-11(7-8-18)10-17-15(19)13-9-12-5-3-4-6-14(12)21-16(13)20/h3-6,9,11,18H,2,7-8,10H2,1H3,(H,17,19). The van der Waals surface area contributed by atoms with E-state index in [-0.39, 0.29) is 18.1 Å². The number of carbonyl (C=O) groups excluding carboxylic acids is 1. The lowest BCUT2D eigenvalue weighted by atomic mass is 10.0. The summed E-state index contributed by atoms with van der Waals surface area (Å²) < 4.78 is 5.14. The largest absolute Gasteiger partial charge is 0.422 e. The number of aliphatic hydroxyl groups is 1. The minimum absolute atomic E-state index is 0.00699. The molecule has 21 heavy (non-hydrogen) atoms. The molecule has 1 heterocycles. The van der Waals surface area contributed by atoms with Crippen LogP contribution in [0.2, 0.25) is 0 Å². The second-order valence-corrected chi connectivity index (χ2v) is 4.98. The zero-order chi connectivity index (χ0) is 15.2. The molecule has 1 amide bonds. The van der Waals surface area contributed by atoms with Crippen LogP contribution in [0.5, 0.6) is 0 Å². The fraction of sp³-hybridized carbons (Fsp3) is 0.375. The maximum atomic E-state index is 12.1. The number of carbonyl (C=O) groups is 1. The summed E-state index contributed by atoms with van der Waals surface area (Å²) in [5, 5.41) is 12.4. The van der Waals surface area contributed by atoms with Crippen LogP contribution in [-0.4, -0.2) is 24.2 Å². The third kappa shape index (κ3) is 3.70. The molecule has 0 saturated heterocycles. The van der Waals surface area contributed by atoms with Crippen molar-refractivity contribution in [3.8, 4) is 0 Å². The summed E-state index contributed by atoms with van der Waals surface area (Å²) in [7, 11) is 0. The van der Waals surface area contributed by atoms with Gasteiger partial charge in [-0.1, -0.05) is 31.5 Å². The van der Waals surface area contributed by atoms with Gasteiger partial charge in [0.2, 0.25) is 0 Å². The van der Waals surface area contributed by atoms with Crippen LogP contribution in [0.15, 0.2) is 39.5 Å². The summed E-state index contributed by atoms with van der Waals surface area (Å²) in [6.07, 6.45) is 1.48. The Labute approximate surface area is 122 Å². The normalized spacial score (nSPS) is 12.3. The van der Waals surface area contributed by atoms with Crippen LogP contribution in [0, 0.1) is 5.92 Å². The van der Waals surface area contributed by atoms with E-state index in [9.17, 15) is 9.59 Å². The number of hydrogen-bond acceptors (Lipinski definition) is 4. The molecular weight excluding hydrogens is 270 g/mol. The average Bonchev–Trinajstić information content (AvgIpc) is 2.50. The van der Waals surface area contributed by atoms with E-state index < -0.39 is 11.5 Å². The summed E-state index contributed by atoms with van der Waals surface area (Å²) in [6, 6.07) is 8.61. The third-order valence-corrected chi connectivity index (χ3v) is 3.55. The summed E-state index contributed by atoms with van der Waals surface area (Å²) in [5.74, 6) is -0.239. The highest BCUT2D eigenvalue weighted by molar-refractivity contribution is 5.96. The summed E-state index contributed by atoms with van der Waals surface area (Å²) in [4.78, 5) is 23.9. The maximum Gasteiger partial charge on any atom is 0.349 e. The summed E-state index contributed by atoms with van der Waals surface area (Å²) >= 11 is 0. The molecule has 0 aliphatic carbocycles. The molecule has 2 aromatic rings. The van der Waals surface area contributed by atoms with Crippen molar-refractivity contribution in [2.45, 2.75) is 19.8 Å². The molecule has 5 nitrogen and oxygen atoms in total. The zero-order valence-electron chi connectivity index (χ0n) is 12.0. The van der Waals surface area contributed by atoms with Crippen molar-refractivity contribution in [1.29, 1.82) is 0 Å². The van der Waals surface area contributed by atoms with Gasteiger partial charge in [-0.3, -0.25) is 4.79 Å². The molecule has 0 saturated carbocycles. The zero-order valence-corrected chi connectivity index (χ0v) is 12.0. The van der Waals surface area contributed by atoms with E-state index >= 15 is 0 Å². The molecule has 1 atom stereocenters. The van der Waals surface area contributed by atoms with Crippen LogP contribution in [0.3, 0.4) is 0 Å². The first-order valence-electron chi connectivity index (χ1n) is 7.07. The second kappa shape index (κ2) is 7.04. The van der Waals surface area contributed by atoms with Crippen molar-refractivity contribution in [2.24, 2.45) is 5.92 Å². The van der Waals surface area contributed by atoms with Gasteiger partial charge in [0.15, 0.2) is 0 Å². The van der Waals surface area contributed by atoms with Crippen molar-refractivity contribution >= 4 is 16.9 Å². The predicted octanol–water partition coefficient (Wildman–Crippen LogP) is 1.93. The number of amides is 1. The highest BCUT2D eigenvalue weighted by Crippen LogP contribution is 2.12. The van der Waals surface area contributed by atoms with Crippen LogP contribution < -0.4 is 10.9 Å². The predicted molar refractivity (Wildman–Crippen MR) is 80.3 cm³/mol. The Morgan fingerprint density at radius 1 is 1.38 bits per heavy atom. The van der Waals surface area contributed by atoms with Crippen molar-refractivity contribution in [3.63, 3.8) is 0 Å². The monoisotopic (exact) mass is 289 g/mol. The average molecular weight is 289 g/mol. The lowest BCUT2D eigenvalue weighted by Crippen LogP contribution is -2.32. The number of para-hydroxylation sites is 1. The molecule has 5 heteroatoms. The van der Waals surface area contributed by atoms with Crippen LogP contribution in [-0.2, 0) is 0 Å². The molecule has 112 valence electrons. The van der Waals surface area contributed by atoms with E-state index in [1.807, 2.05) is 13.0 Å². The topological polar surface area (TPSA) is 79.5 Å². The highest BCUT2D eigenvalue weighted by Gasteiger charge is 2.15. The fourth-order valence-corrected chi connectivity index (χ4v) is 2.19. The Bertz CT molecular complexity index is 677. The molecule has 1 aromatic carbocycles. The van der Waals surface area contributed by atoms with Gasteiger partial charge in [0, 0.05) is 18.5 Å². The number of hydrogen-bond donors (Lipinski definition) is 2. The number of aliphatic hydroxyl groups excluding tert-OH is 1. The summed E-state index contributed by atoms with van der Waals surface area (Å²) in [5.41, 5.74) is -0.167. The lowest BCUT2D eigenvalue weighted by Gasteiger charge is -2.14. The van der Waals surface area contributed by atoms with E-state index in [0.717, 1.165) is 6.42 Å². The second-order valence-electron chi connectivity index (χ2n) is 4.98. The number of nitrogens with one attached hydrogen (secondary N) is 1. The minimum Gasteiger partial charge on any atom is -0.422 e. The third-order valence-electron chi connectivity index (χ3n) is 3.55. The van der Waals surface area contributed by atoms with Gasteiger partial charge >= 0.3 is 5.63 Å². The van der Waals surface area contributed by atoms with Gasteiger partial charge < -0.3 is 14.8 Å². The smallest absolute Gasteiger partial charge is 0.349 e.